The number of likely N-dealkylation sites (tertiary alicyclic amines) is 1. The lowest BCUT2D eigenvalue weighted by atomic mass is 9.61. The summed E-state index contributed by atoms with van der Waals surface area (Å²) in [4.78, 5) is 35.4. The van der Waals surface area contributed by atoms with Crippen LogP contribution < -0.4 is 14.4 Å². The molecule has 284 valence electrons. The van der Waals surface area contributed by atoms with Crippen molar-refractivity contribution in [2.75, 3.05) is 50.8 Å². The van der Waals surface area contributed by atoms with Crippen molar-refractivity contribution >= 4 is 11.7 Å². The van der Waals surface area contributed by atoms with Crippen molar-refractivity contribution in [2.45, 2.75) is 95.5 Å². The number of carbonyl (C=O) groups is 1. The van der Waals surface area contributed by atoms with Crippen LogP contribution in [0.2, 0.25) is 0 Å². The molecule has 8 rings (SSSR count). The average Bonchev–Trinajstić information content (AvgIpc) is 3.07. The van der Waals surface area contributed by atoms with Crippen LogP contribution in [0.25, 0.3) is 0 Å². The van der Waals surface area contributed by atoms with E-state index in [-0.39, 0.29) is 35.5 Å². The van der Waals surface area contributed by atoms with Crippen LogP contribution in [0, 0.1) is 11.2 Å². The van der Waals surface area contributed by atoms with E-state index in [1.165, 1.54) is 35.1 Å². The van der Waals surface area contributed by atoms with E-state index in [2.05, 4.69) is 29.7 Å². The first-order chi connectivity index (χ1) is 25.5. The van der Waals surface area contributed by atoms with Crippen LogP contribution in [0.15, 0.2) is 43.0 Å². The Labute approximate surface area is 308 Å². The number of pyridine rings is 1. The molecule has 53 heavy (non-hydrogen) atoms. The van der Waals surface area contributed by atoms with Gasteiger partial charge in [0.2, 0.25) is 0 Å². The molecule has 2 saturated carbocycles. The van der Waals surface area contributed by atoms with Gasteiger partial charge in [-0.2, -0.15) is 0 Å². The van der Waals surface area contributed by atoms with Gasteiger partial charge in [-0.3, -0.25) is 19.6 Å². The van der Waals surface area contributed by atoms with Crippen molar-refractivity contribution in [3.63, 3.8) is 0 Å². The number of fused-ring (bicyclic) bond motifs is 1. The minimum absolute atomic E-state index is 0.0351. The van der Waals surface area contributed by atoms with Gasteiger partial charge in [0.05, 0.1) is 18.4 Å². The van der Waals surface area contributed by atoms with Crippen molar-refractivity contribution in [3.8, 4) is 17.2 Å². The molecule has 1 spiro atoms. The van der Waals surface area contributed by atoms with Gasteiger partial charge < -0.3 is 24.4 Å². The number of alkyl halides is 2. The van der Waals surface area contributed by atoms with Gasteiger partial charge in [-0.1, -0.05) is 0 Å². The minimum atomic E-state index is -2.81. The summed E-state index contributed by atoms with van der Waals surface area (Å²) >= 11 is 0. The highest BCUT2D eigenvalue weighted by atomic mass is 19.3. The predicted molar refractivity (Wildman–Crippen MR) is 191 cm³/mol. The number of hydrogen-bond donors (Lipinski definition) is 1. The highest BCUT2D eigenvalue weighted by molar-refractivity contribution is 5.97. The zero-order valence-corrected chi connectivity index (χ0v) is 30.4. The standard InChI is InChI=1S/C39H48F3N7O4/c1-25(2)49(28-15-39(41,42)16-28)37(51)30-14-26(40)4-5-33(30)53-35-19-43-24-45-36(35)48-22-38(23-48)17-29(18-38)52-34-6-9-44-32-8-12-46(20-31(32)34)10-3-11-47-13-7-27(47)21-50/h4-6,9,14,19,24-25,27-29,50H,3,7-8,10-13,15-18,20-23H2,1-2H3/t27-/m0/s1. The molecule has 2 aliphatic carbocycles. The normalized spacial score (nSPS) is 22.4. The fourth-order valence-corrected chi connectivity index (χ4v) is 8.89. The molecule has 1 amide bonds. The number of nitrogens with zero attached hydrogens (tertiary/aromatic N) is 7. The molecule has 0 unspecified atom stereocenters. The first kappa shape index (κ1) is 36.0. The fraction of sp³-hybridized carbons (Fsp3) is 0.590. The number of aliphatic hydroxyl groups is 1. The summed E-state index contributed by atoms with van der Waals surface area (Å²) < 4.78 is 54.9. The quantitative estimate of drug-likeness (QED) is 0.248. The molecule has 1 N–H and O–H groups in total. The van der Waals surface area contributed by atoms with Crippen LogP contribution in [0.5, 0.6) is 17.2 Å². The molecule has 14 heteroatoms. The second-order valence-corrected chi connectivity index (χ2v) is 16.0. The summed E-state index contributed by atoms with van der Waals surface area (Å²) in [7, 11) is 0. The Balaban J connectivity index is 0.878. The maximum absolute atomic E-state index is 14.5. The molecule has 1 atom stereocenters. The van der Waals surface area contributed by atoms with E-state index >= 15 is 0 Å². The number of amides is 1. The Morgan fingerprint density at radius 2 is 1.87 bits per heavy atom. The Hall–Kier alpha value is -4.01. The van der Waals surface area contributed by atoms with E-state index in [4.69, 9.17) is 9.47 Å². The molecule has 0 bridgehead atoms. The summed E-state index contributed by atoms with van der Waals surface area (Å²) in [5.74, 6) is -2.05. The highest BCUT2D eigenvalue weighted by Crippen LogP contribution is 2.52. The van der Waals surface area contributed by atoms with Gasteiger partial charge in [0.1, 0.15) is 29.7 Å². The molecule has 2 saturated heterocycles. The monoisotopic (exact) mass is 735 g/mol. The van der Waals surface area contributed by atoms with Crippen molar-refractivity contribution in [3.05, 3.63) is 65.6 Å². The van der Waals surface area contributed by atoms with Gasteiger partial charge in [0, 0.05) is 93.0 Å². The largest absolute Gasteiger partial charge is 0.490 e. The fourth-order valence-electron chi connectivity index (χ4n) is 8.89. The molecule has 1 aromatic carbocycles. The lowest BCUT2D eigenvalue weighted by molar-refractivity contribution is -0.120. The lowest BCUT2D eigenvalue weighted by Crippen LogP contribution is -2.65. The van der Waals surface area contributed by atoms with E-state index < -0.39 is 36.5 Å². The third-order valence-electron chi connectivity index (χ3n) is 11.8. The van der Waals surface area contributed by atoms with Crippen molar-refractivity contribution in [2.24, 2.45) is 5.41 Å². The van der Waals surface area contributed by atoms with Crippen molar-refractivity contribution in [1.82, 2.24) is 29.7 Å². The molecule has 3 aliphatic heterocycles. The van der Waals surface area contributed by atoms with Gasteiger partial charge in [0.15, 0.2) is 11.6 Å². The number of anilines is 1. The van der Waals surface area contributed by atoms with Crippen LogP contribution in [-0.4, -0.2) is 117 Å². The van der Waals surface area contributed by atoms with E-state index in [1.807, 2.05) is 12.3 Å². The van der Waals surface area contributed by atoms with Crippen LogP contribution in [0.1, 0.15) is 74.0 Å². The highest BCUT2D eigenvalue weighted by Gasteiger charge is 2.54. The van der Waals surface area contributed by atoms with E-state index in [9.17, 15) is 23.1 Å². The number of rotatable bonds is 13. The van der Waals surface area contributed by atoms with Gasteiger partial charge in [-0.05, 0) is 76.9 Å². The molecule has 0 radical (unpaired) electrons. The number of carbonyl (C=O) groups excluding carboxylic acids is 1. The smallest absolute Gasteiger partial charge is 0.258 e. The topological polar surface area (TPSA) is 107 Å². The van der Waals surface area contributed by atoms with Gasteiger partial charge >= 0.3 is 0 Å². The number of hydrogen-bond acceptors (Lipinski definition) is 10. The van der Waals surface area contributed by atoms with Crippen molar-refractivity contribution in [1.29, 1.82) is 0 Å². The Morgan fingerprint density at radius 1 is 1.06 bits per heavy atom. The maximum Gasteiger partial charge on any atom is 0.258 e. The van der Waals surface area contributed by atoms with Gasteiger partial charge in [0.25, 0.3) is 11.8 Å². The number of benzene rings is 1. The van der Waals surface area contributed by atoms with Crippen molar-refractivity contribution < 1.29 is 32.5 Å². The predicted octanol–water partition coefficient (Wildman–Crippen LogP) is 5.31. The molecule has 3 aromatic rings. The molecule has 5 heterocycles. The maximum atomic E-state index is 14.5. The Bertz CT molecular complexity index is 1810. The Kier molecular flexibility index (Phi) is 9.73. The SMILES string of the molecule is CC(C)N(C(=O)c1cc(F)ccc1Oc1cncnc1N1CC2(CC(Oc3ccnc4c3CN(CCCN3CC[C@H]3CO)CC4)C2)C1)C1CC(F)(F)C1. The summed E-state index contributed by atoms with van der Waals surface area (Å²) in [5, 5.41) is 9.49. The number of aromatic nitrogens is 3. The average molecular weight is 736 g/mol. The third kappa shape index (κ3) is 7.29. The zero-order chi connectivity index (χ0) is 36.9. The molecule has 11 nitrogen and oxygen atoms in total. The van der Waals surface area contributed by atoms with E-state index in [1.54, 1.807) is 13.8 Å². The molecule has 5 aliphatic rings. The van der Waals surface area contributed by atoms with Crippen LogP contribution in [0.4, 0.5) is 19.0 Å². The number of aliphatic hydroxyl groups excluding tert-OH is 1. The first-order valence-corrected chi connectivity index (χ1v) is 18.9. The van der Waals surface area contributed by atoms with E-state index in [0.717, 1.165) is 95.4 Å². The second kappa shape index (κ2) is 14.3. The molecule has 2 aromatic heterocycles. The third-order valence-corrected chi connectivity index (χ3v) is 11.8. The van der Waals surface area contributed by atoms with E-state index in [0.29, 0.717) is 17.6 Å². The zero-order valence-electron chi connectivity index (χ0n) is 30.4. The first-order valence-electron chi connectivity index (χ1n) is 18.9. The van der Waals surface area contributed by atoms with Gasteiger partial charge in [-0.25, -0.2) is 23.1 Å². The van der Waals surface area contributed by atoms with Crippen LogP contribution in [0.3, 0.4) is 0 Å². The lowest BCUT2D eigenvalue weighted by Gasteiger charge is -2.59. The summed E-state index contributed by atoms with van der Waals surface area (Å²) in [5.41, 5.74) is 2.37. The summed E-state index contributed by atoms with van der Waals surface area (Å²) in [6.07, 6.45) is 8.99. The molecular formula is C39H48F3N7O4. The summed E-state index contributed by atoms with van der Waals surface area (Å²) in [6, 6.07) is 5.01. The number of ether oxygens (including phenoxy) is 2. The van der Waals surface area contributed by atoms with Gasteiger partial charge in [-0.15, -0.1) is 0 Å². The molecular weight excluding hydrogens is 687 g/mol. The molecule has 4 fully saturated rings. The Morgan fingerprint density at radius 3 is 2.58 bits per heavy atom. The number of halogens is 3. The second-order valence-electron chi connectivity index (χ2n) is 16.0. The van der Waals surface area contributed by atoms with Crippen LogP contribution in [-0.2, 0) is 13.0 Å². The van der Waals surface area contributed by atoms with Crippen LogP contribution >= 0.6 is 0 Å². The summed E-state index contributed by atoms with van der Waals surface area (Å²) in [6.45, 7) is 10.2. The minimum Gasteiger partial charge on any atom is -0.490 e.